The number of carbonyl (C=O) groups is 1. The summed E-state index contributed by atoms with van der Waals surface area (Å²) in [7, 11) is 1.67. The van der Waals surface area contributed by atoms with Gasteiger partial charge in [0.05, 0.1) is 17.1 Å². The second-order valence-corrected chi connectivity index (χ2v) is 7.59. The van der Waals surface area contributed by atoms with E-state index in [1.54, 1.807) is 11.9 Å². The fourth-order valence-corrected chi connectivity index (χ4v) is 3.46. The molecule has 3 rings (SSSR count). The van der Waals surface area contributed by atoms with Gasteiger partial charge in [-0.25, -0.2) is 4.79 Å². The number of amides is 1. The number of carbonyl (C=O) groups excluding carboxylic acids is 1. The zero-order chi connectivity index (χ0) is 22.8. The molecule has 0 spiro atoms. The van der Waals surface area contributed by atoms with E-state index in [0.717, 1.165) is 29.5 Å². The van der Waals surface area contributed by atoms with Crippen molar-refractivity contribution >= 4 is 34.2 Å². The summed E-state index contributed by atoms with van der Waals surface area (Å²) in [5.74, 6) is -0.501. The first-order valence-corrected chi connectivity index (χ1v) is 9.85. The largest absolute Gasteiger partial charge is 0.423 e. The second-order valence-electron chi connectivity index (χ2n) is 7.19. The molecule has 0 bridgehead atoms. The maximum Gasteiger partial charge on any atom is 0.417 e. The Kier molecular flexibility index (Phi) is 6.71. The van der Waals surface area contributed by atoms with Crippen LogP contribution in [-0.4, -0.2) is 24.4 Å². The highest BCUT2D eigenvalue weighted by atomic mass is 35.5. The van der Waals surface area contributed by atoms with Crippen LogP contribution in [0.1, 0.15) is 23.6 Å². The molecule has 0 fully saturated rings. The number of benzene rings is 2. The standard InChI is InChI=1S/C22H20ClF3N2O3/c1-3-13-4-6-16-14(9-21(30)31-19(16)8-13)11-28(2)12-20(29)27-15-5-7-18(23)17(10-15)22(24,25)26/h4-10H,3,11-12H2,1-2H3,(H,27,29). The first-order chi connectivity index (χ1) is 14.6. The normalized spacial score (nSPS) is 11.8. The first-order valence-electron chi connectivity index (χ1n) is 9.47. The molecule has 1 amide bonds. The van der Waals surface area contributed by atoms with Gasteiger partial charge in [-0.05, 0) is 48.9 Å². The summed E-state index contributed by atoms with van der Waals surface area (Å²) in [5, 5.41) is 2.76. The van der Waals surface area contributed by atoms with E-state index in [-0.39, 0.29) is 18.8 Å². The monoisotopic (exact) mass is 452 g/mol. The molecule has 31 heavy (non-hydrogen) atoms. The van der Waals surface area contributed by atoms with Crippen LogP contribution in [0.3, 0.4) is 0 Å². The summed E-state index contributed by atoms with van der Waals surface area (Å²) in [6, 6.07) is 10.2. The van der Waals surface area contributed by atoms with E-state index < -0.39 is 28.3 Å². The van der Waals surface area contributed by atoms with Gasteiger partial charge in [0, 0.05) is 23.7 Å². The van der Waals surface area contributed by atoms with Gasteiger partial charge in [-0.15, -0.1) is 0 Å². The molecule has 0 saturated heterocycles. The summed E-state index contributed by atoms with van der Waals surface area (Å²) in [5.41, 5.74) is 0.675. The van der Waals surface area contributed by atoms with Crippen LogP contribution in [0.4, 0.5) is 18.9 Å². The molecule has 1 N–H and O–H groups in total. The van der Waals surface area contributed by atoms with Crippen LogP contribution < -0.4 is 10.9 Å². The summed E-state index contributed by atoms with van der Waals surface area (Å²) in [6.45, 7) is 2.17. The summed E-state index contributed by atoms with van der Waals surface area (Å²) in [4.78, 5) is 25.9. The molecule has 0 radical (unpaired) electrons. The molecule has 0 atom stereocenters. The van der Waals surface area contributed by atoms with Gasteiger partial charge in [0.15, 0.2) is 0 Å². The third kappa shape index (κ3) is 5.65. The van der Waals surface area contributed by atoms with Gasteiger partial charge in [0.25, 0.3) is 0 Å². The van der Waals surface area contributed by atoms with E-state index in [0.29, 0.717) is 11.1 Å². The number of halogens is 4. The first kappa shape index (κ1) is 22.8. The Morgan fingerprint density at radius 1 is 1.16 bits per heavy atom. The Bertz CT molecular complexity index is 1170. The van der Waals surface area contributed by atoms with Gasteiger partial charge < -0.3 is 9.73 Å². The Balaban J connectivity index is 1.72. The van der Waals surface area contributed by atoms with Crippen molar-refractivity contribution in [2.75, 3.05) is 18.9 Å². The van der Waals surface area contributed by atoms with Gasteiger partial charge >= 0.3 is 11.8 Å². The molecule has 3 aromatic rings. The van der Waals surface area contributed by atoms with E-state index in [1.807, 2.05) is 25.1 Å². The second kappa shape index (κ2) is 9.11. The molecule has 1 heterocycles. The van der Waals surface area contributed by atoms with Crippen LogP contribution in [0.2, 0.25) is 5.02 Å². The highest BCUT2D eigenvalue weighted by Crippen LogP contribution is 2.36. The van der Waals surface area contributed by atoms with Crippen LogP contribution >= 0.6 is 11.6 Å². The van der Waals surface area contributed by atoms with Crippen molar-refractivity contribution in [3.8, 4) is 0 Å². The SMILES string of the molecule is CCc1ccc2c(CN(C)CC(=O)Nc3ccc(Cl)c(C(F)(F)F)c3)cc(=O)oc2c1. The van der Waals surface area contributed by atoms with Gasteiger partial charge in [-0.1, -0.05) is 30.7 Å². The van der Waals surface area contributed by atoms with Crippen molar-refractivity contribution in [2.24, 2.45) is 0 Å². The van der Waals surface area contributed by atoms with Crippen molar-refractivity contribution in [1.82, 2.24) is 4.90 Å². The lowest BCUT2D eigenvalue weighted by atomic mass is 10.1. The lowest BCUT2D eigenvalue weighted by molar-refractivity contribution is -0.137. The molecule has 9 heteroatoms. The van der Waals surface area contributed by atoms with Crippen LogP contribution in [0.5, 0.6) is 0 Å². The van der Waals surface area contributed by atoms with E-state index in [4.69, 9.17) is 16.0 Å². The number of nitrogens with one attached hydrogen (secondary N) is 1. The number of hydrogen-bond acceptors (Lipinski definition) is 4. The average Bonchev–Trinajstić information content (AvgIpc) is 2.67. The lowest BCUT2D eigenvalue weighted by Gasteiger charge is -2.18. The number of fused-ring (bicyclic) bond motifs is 1. The number of rotatable bonds is 6. The topological polar surface area (TPSA) is 62.6 Å². The smallest absolute Gasteiger partial charge is 0.417 e. The number of likely N-dealkylation sites (N-methyl/N-ethyl adjacent to an activating group) is 1. The van der Waals surface area contributed by atoms with Gasteiger partial charge in [0.1, 0.15) is 5.58 Å². The van der Waals surface area contributed by atoms with Crippen molar-refractivity contribution in [3.05, 3.63) is 74.6 Å². The minimum atomic E-state index is -4.62. The van der Waals surface area contributed by atoms with Crippen molar-refractivity contribution in [2.45, 2.75) is 26.1 Å². The van der Waals surface area contributed by atoms with E-state index >= 15 is 0 Å². The Morgan fingerprint density at radius 2 is 1.90 bits per heavy atom. The molecule has 0 aliphatic carbocycles. The number of anilines is 1. The summed E-state index contributed by atoms with van der Waals surface area (Å²) < 4.78 is 44.2. The van der Waals surface area contributed by atoms with Crippen LogP contribution in [0, 0.1) is 0 Å². The Labute approximate surface area is 181 Å². The van der Waals surface area contributed by atoms with Crippen LogP contribution in [-0.2, 0) is 23.9 Å². The Hall–Kier alpha value is -2.84. The van der Waals surface area contributed by atoms with Gasteiger partial charge in [-0.3, -0.25) is 9.69 Å². The summed E-state index contributed by atoms with van der Waals surface area (Å²) in [6.07, 6.45) is -3.83. The van der Waals surface area contributed by atoms with Crippen LogP contribution in [0.25, 0.3) is 11.0 Å². The maximum atomic E-state index is 13.0. The highest BCUT2D eigenvalue weighted by molar-refractivity contribution is 6.31. The lowest BCUT2D eigenvalue weighted by Crippen LogP contribution is -2.30. The molecular weight excluding hydrogens is 433 g/mol. The number of aryl methyl sites for hydroxylation is 1. The zero-order valence-corrected chi connectivity index (χ0v) is 17.6. The average molecular weight is 453 g/mol. The molecule has 5 nitrogen and oxygen atoms in total. The van der Waals surface area contributed by atoms with E-state index in [2.05, 4.69) is 5.32 Å². The fraction of sp³-hybridized carbons (Fsp3) is 0.273. The van der Waals surface area contributed by atoms with Gasteiger partial charge in [0.2, 0.25) is 5.91 Å². The van der Waals surface area contributed by atoms with E-state index in [1.165, 1.54) is 12.1 Å². The number of alkyl halides is 3. The molecule has 2 aromatic carbocycles. The fourth-order valence-electron chi connectivity index (χ4n) is 3.24. The third-order valence-corrected chi connectivity index (χ3v) is 5.04. The minimum absolute atomic E-state index is 0.00646. The number of nitrogens with zero attached hydrogens (tertiary/aromatic N) is 1. The van der Waals surface area contributed by atoms with E-state index in [9.17, 15) is 22.8 Å². The van der Waals surface area contributed by atoms with Gasteiger partial charge in [-0.2, -0.15) is 13.2 Å². The predicted molar refractivity (Wildman–Crippen MR) is 113 cm³/mol. The molecule has 0 aliphatic heterocycles. The number of hydrogen-bond donors (Lipinski definition) is 1. The zero-order valence-electron chi connectivity index (χ0n) is 16.8. The molecule has 0 saturated carbocycles. The van der Waals surface area contributed by atoms with Crippen molar-refractivity contribution < 1.29 is 22.4 Å². The van der Waals surface area contributed by atoms with Crippen molar-refractivity contribution in [3.63, 3.8) is 0 Å². The quantitative estimate of drug-likeness (QED) is 0.529. The van der Waals surface area contributed by atoms with Crippen molar-refractivity contribution in [1.29, 1.82) is 0 Å². The Morgan fingerprint density at radius 3 is 2.58 bits per heavy atom. The molecule has 164 valence electrons. The molecule has 1 aromatic heterocycles. The predicted octanol–water partition coefficient (Wildman–Crippen LogP) is 5.10. The molecule has 0 aliphatic rings. The van der Waals surface area contributed by atoms with Crippen LogP contribution in [0.15, 0.2) is 51.7 Å². The highest BCUT2D eigenvalue weighted by Gasteiger charge is 2.33. The maximum absolute atomic E-state index is 13.0. The molecular formula is C22H20ClF3N2O3. The molecule has 0 unspecified atom stereocenters. The summed E-state index contributed by atoms with van der Waals surface area (Å²) >= 11 is 5.60. The minimum Gasteiger partial charge on any atom is -0.423 e. The third-order valence-electron chi connectivity index (χ3n) is 4.71.